The van der Waals surface area contributed by atoms with Gasteiger partial charge in [-0.25, -0.2) is 0 Å². The fourth-order valence-electron chi connectivity index (χ4n) is 1.96. The van der Waals surface area contributed by atoms with Crippen molar-refractivity contribution in [1.82, 2.24) is 0 Å². The van der Waals surface area contributed by atoms with E-state index in [1.165, 1.54) is 12.1 Å². The Balaban J connectivity index is 2.40. The fraction of sp³-hybridized carbons (Fsp3) is 0.125. The van der Waals surface area contributed by atoms with Gasteiger partial charge in [-0.2, -0.15) is 13.2 Å². The van der Waals surface area contributed by atoms with Gasteiger partial charge >= 0.3 is 6.18 Å². The van der Waals surface area contributed by atoms with Gasteiger partial charge in [0, 0.05) is 3.57 Å². The lowest BCUT2D eigenvalue weighted by atomic mass is 9.97. The van der Waals surface area contributed by atoms with E-state index in [2.05, 4.69) is 22.6 Å². The molecule has 0 amide bonds. The molecule has 110 valence electrons. The molecular weight excluding hydrogens is 392 g/mol. The standard InChI is InChI=1S/C16H12F3IO/c17-16(18,19)13-5-1-11(2-6-13)15(9-10-21)12-3-7-14(20)8-4-12/h1-9,21H,10H2/b15-9+. The van der Waals surface area contributed by atoms with Crippen LogP contribution in [0.2, 0.25) is 0 Å². The highest BCUT2D eigenvalue weighted by Crippen LogP contribution is 2.31. The Labute approximate surface area is 134 Å². The summed E-state index contributed by atoms with van der Waals surface area (Å²) < 4.78 is 38.8. The van der Waals surface area contributed by atoms with Crippen LogP contribution < -0.4 is 0 Å². The Hall–Kier alpha value is -1.34. The molecule has 0 heterocycles. The first-order valence-electron chi connectivity index (χ1n) is 6.16. The van der Waals surface area contributed by atoms with Crippen molar-refractivity contribution in [3.8, 4) is 0 Å². The molecule has 0 aliphatic carbocycles. The van der Waals surface area contributed by atoms with Crippen LogP contribution in [0.3, 0.4) is 0 Å². The second kappa shape index (κ2) is 6.62. The molecule has 2 rings (SSSR count). The lowest BCUT2D eigenvalue weighted by molar-refractivity contribution is -0.137. The van der Waals surface area contributed by atoms with Crippen LogP contribution in [-0.2, 0) is 6.18 Å². The summed E-state index contributed by atoms with van der Waals surface area (Å²) in [5, 5.41) is 9.14. The summed E-state index contributed by atoms with van der Waals surface area (Å²) in [6, 6.07) is 12.5. The third-order valence-electron chi connectivity index (χ3n) is 2.97. The molecule has 0 aliphatic rings. The molecule has 5 heteroatoms. The van der Waals surface area contributed by atoms with E-state index in [0.717, 1.165) is 21.3 Å². The Morgan fingerprint density at radius 2 is 1.43 bits per heavy atom. The molecule has 0 spiro atoms. The van der Waals surface area contributed by atoms with Gasteiger partial charge in [0.05, 0.1) is 12.2 Å². The van der Waals surface area contributed by atoms with Gasteiger partial charge in [0.25, 0.3) is 0 Å². The Kier molecular flexibility index (Phi) is 5.05. The van der Waals surface area contributed by atoms with Crippen molar-refractivity contribution < 1.29 is 18.3 Å². The van der Waals surface area contributed by atoms with Crippen molar-refractivity contribution in [1.29, 1.82) is 0 Å². The Bertz CT molecular complexity index is 628. The van der Waals surface area contributed by atoms with Crippen molar-refractivity contribution in [2.24, 2.45) is 0 Å². The van der Waals surface area contributed by atoms with Gasteiger partial charge in [-0.05, 0) is 63.6 Å². The van der Waals surface area contributed by atoms with Crippen molar-refractivity contribution in [2.75, 3.05) is 6.61 Å². The molecule has 0 saturated heterocycles. The van der Waals surface area contributed by atoms with E-state index in [9.17, 15) is 13.2 Å². The molecule has 0 unspecified atom stereocenters. The van der Waals surface area contributed by atoms with E-state index < -0.39 is 11.7 Å². The smallest absolute Gasteiger partial charge is 0.392 e. The zero-order valence-corrected chi connectivity index (χ0v) is 13.0. The second-order valence-corrected chi connectivity index (χ2v) is 5.63. The number of benzene rings is 2. The number of hydrogen-bond acceptors (Lipinski definition) is 1. The quantitative estimate of drug-likeness (QED) is 0.734. The van der Waals surface area contributed by atoms with Crippen LogP contribution in [0.1, 0.15) is 16.7 Å². The Morgan fingerprint density at radius 1 is 0.952 bits per heavy atom. The molecule has 0 aromatic heterocycles. The van der Waals surface area contributed by atoms with Gasteiger partial charge in [-0.3, -0.25) is 0 Å². The van der Waals surface area contributed by atoms with Crippen LogP contribution in [0, 0.1) is 3.57 Å². The topological polar surface area (TPSA) is 20.2 Å². The first-order chi connectivity index (χ1) is 9.91. The van der Waals surface area contributed by atoms with E-state index in [4.69, 9.17) is 5.11 Å². The lowest BCUT2D eigenvalue weighted by Crippen LogP contribution is -2.04. The SMILES string of the molecule is OC/C=C(/c1ccc(I)cc1)c1ccc(C(F)(F)F)cc1. The first kappa shape index (κ1) is 16.0. The van der Waals surface area contributed by atoms with E-state index in [0.29, 0.717) is 11.1 Å². The minimum absolute atomic E-state index is 0.178. The summed E-state index contributed by atoms with van der Waals surface area (Å²) >= 11 is 2.18. The highest BCUT2D eigenvalue weighted by Gasteiger charge is 2.30. The summed E-state index contributed by atoms with van der Waals surface area (Å²) in [7, 11) is 0. The van der Waals surface area contributed by atoms with Gasteiger partial charge < -0.3 is 5.11 Å². The van der Waals surface area contributed by atoms with Gasteiger partial charge in [0.2, 0.25) is 0 Å². The average Bonchev–Trinajstić information content (AvgIpc) is 2.45. The summed E-state index contributed by atoms with van der Waals surface area (Å²) in [6.07, 6.45) is -2.76. The molecule has 0 aliphatic heterocycles. The highest BCUT2D eigenvalue weighted by molar-refractivity contribution is 14.1. The monoisotopic (exact) mass is 404 g/mol. The Morgan fingerprint density at radius 3 is 1.86 bits per heavy atom. The van der Waals surface area contributed by atoms with Crippen molar-refractivity contribution >= 4 is 28.2 Å². The summed E-state index contributed by atoms with van der Waals surface area (Å²) in [4.78, 5) is 0. The maximum absolute atomic E-state index is 12.6. The molecule has 0 saturated carbocycles. The zero-order chi connectivity index (χ0) is 15.5. The summed E-state index contributed by atoms with van der Waals surface area (Å²) in [5.41, 5.74) is 1.52. The fourth-order valence-corrected chi connectivity index (χ4v) is 2.32. The largest absolute Gasteiger partial charge is 0.416 e. The van der Waals surface area contributed by atoms with Crippen LogP contribution in [0.15, 0.2) is 54.6 Å². The third-order valence-corrected chi connectivity index (χ3v) is 3.69. The maximum atomic E-state index is 12.6. The molecule has 2 aromatic rings. The molecule has 21 heavy (non-hydrogen) atoms. The van der Waals surface area contributed by atoms with Crippen molar-refractivity contribution in [3.63, 3.8) is 0 Å². The van der Waals surface area contributed by atoms with Crippen LogP contribution in [-0.4, -0.2) is 11.7 Å². The predicted octanol–water partition coefficient (Wildman–Crippen LogP) is 4.73. The summed E-state index contributed by atoms with van der Waals surface area (Å²) in [5.74, 6) is 0. The number of hydrogen-bond donors (Lipinski definition) is 1. The number of rotatable bonds is 3. The van der Waals surface area contributed by atoms with E-state index >= 15 is 0 Å². The second-order valence-electron chi connectivity index (χ2n) is 4.38. The molecule has 1 N–H and O–H groups in total. The number of aliphatic hydroxyl groups is 1. The normalized spacial score (nSPS) is 12.5. The lowest BCUT2D eigenvalue weighted by Gasteiger charge is -2.11. The van der Waals surface area contributed by atoms with E-state index in [-0.39, 0.29) is 6.61 Å². The van der Waals surface area contributed by atoms with Gasteiger partial charge in [0.15, 0.2) is 0 Å². The van der Waals surface area contributed by atoms with Gasteiger partial charge in [-0.1, -0.05) is 30.3 Å². The third kappa shape index (κ3) is 4.07. The van der Waals surface area contributed by atoms with Crippen LogP contribution in [0.5, 0.6) is 0 Å². The van der Waals surface area contributed by atoms with Crippen molar-refractivity contribution in [2.45, 2.75) is 6.18 Å². The van der Waals surface area contributed by atoms with Crippen LogP contribution in [0.25, 0.3) is 5.57 Å². The number of halogens is 4. The average molecular weight is 404 g/mol. The van der Waals surface area contributed by atoms with Crippen molar-refractivity contribution in [3.05, 3.63) is 74.9 Å². The molecule has 1 nitrogen and oxygen atoms in total. The molecule has 0 fully saturated rings. The number of alkyl halides is 3. The number of aliphatic hydroxyl groups excluding tert-OH is 1. The first-order valence-corrected chi connectivity index (χ1v) is 7.24. The molecule has 0 atom stereocenters. The van der Waals surface area contributed by atoms with Crippen LogP contribution >= 0.6 is 22.6 Å². The zero-order valence-electron chi connectivity index (χ0n) is 10.9. The molecule has 2 aromatic carbocycles. The maximum Gasteiger partial charge on any atom is 0.416 e. The molecule has 0 bridgehead atoms. The predicted molar refractivity (Wildman–Crippen MR) is 84.8 cm³/mol. The summed E-state index contributed by atoms with van der Waals surface area (Å²) in [6.45, 7) is -0.178. The molecule has 0 radical (unpaired) electrons. The minimum Gasteiger partial charge on any atom is -0.392 e. The van der Waals surface area contributed by atoms with Gasteiger partial charge in [0.1, 0.15) is 0 Å². The molecular formula is C16H12F3IO. The minimum atomic E-state index is -4.34. The van der Waals surface area contributed by atoms with Gasteiger partial charge in [-0.15, -0.1) is 0 Å². The van der Waals surface area contributed by atoms with E-state index in [1.807, 2.05) is 24.3 Å². The van der Waals surface area contributed by atoms with E-state index in [1.54, 1.807) is 6.08 Å². The van der Waals surface area contributed by atoms with Crippen LogP contribution in [0.4, 0.5) is 13.2 Å². The highest BCUT2D eigenvalue weighted by atomic mass is 127.